The minimum absolute atomic E-state index is 0.0162. The van der Waals surface area contributed by atoms with E-state index in [1.807, 2.05) is 23.1 Å². The second-order valence-corrected chi connectivity index (χ2v) is 6.63. The minimum Gasteiger partial charge on any atom is -0.493 e. The molecule has 5 nitrogen and oxygen atoms in total. The van der Waals surface area contributed by atoms with Gasteiger partial charge in [0, 0.05) is 45.6 Å². The summed E-state index contributed by atoms with van der Waals surface area (Å²) in [5.41, 5.74) is 2.22. The number of rotatable bonds is 3. The zero-order valence-corrected chi connectivity index (χ0v) is 14.3. The number of likely N-dealkylation sites (tertiary alicyclic amines) is 1. The number of hydrogen-bond donors (Lipinski definition) is 0. The summed E-state index contributed by atoms with van der Waals surface area (Å²) in [4.78, 5) is 27.8. The van der Waals surface area contributed by atoms with Gasteiger partial charge in [0.1, 0.15) is 5.75 Å². The predicted octanol–water partition coefficient (Wildman–Crippen LogP) is 1.96. The van der Waals surface area contributed by atoms with Crippen molar-refractivity contribution in [2.75, 3.05) is 33.8 Å². The van der Waals surface area contributed by atoms with Gasteiger partial charge in [0.05, 0.1) is 6.61 Å². The lowest BCUT2D eigenvalue weighted by atomic mass is 9.95. The first-order valence-electron chi connectivity index (χ1n) is 8.48. The van der Waals surface area contributed by atoms with Gasteiger partial charge in [0.25, 0.3) is 0 Å². The highest BCUT2D eigenvalue weighted by Gasteiger charge is 2.27. The molecule has 0 aliphatic carbocycles. The summed E-state index contributed by atoms with van der Waals surface area (Å²) in [6, 6.07) is 6.01. The van der Waals surface area contributed by atoms with Gasteiger partial charge in [0.2, 0.25) is 11.8 Å². The van der Waals surface area contributed by atoms with E-state index >= 15 is 0 Å². The average molecular weight is 328 g/mol. The van der Waals surface area contributed by atoms with Crippen LogP contribution in [0.15, 0.2) is 24.3 Å². The fourth-order valence-electron chi connectivity index (χ4n) is 3.30. The van der Waals surface area contributed by atoms with Gasteiger partial charge in [-0.3, -0.25) is 9.59 Å². The molecule has 2 aliphatic rings. The maximum atomic E-state index is 12.3. The monoisotopic (exact) mass is 328 g/mol. The molecule has 0 unspecified atom stereocenters. The van der Waals surface area contributed by atoms with Gasteiger partial charge >= 0.3 is 0 Å². The van der Waals surface area contributed by atoms with Gasteiger partial charge in [-0.2, -0.15) is 0 Å². The summed E-state index contributed by atoms with van der Waals surface area (Å²) < 4.78 is 5.49. The third-order valence-corrected chi connectivity index (χ3v) is 4.73. The lowest BCUT2D eigenvalue weighted by Crippen LogP contribution is -2.42. The Balaban J connectivity index is 1.55. The van der Waals surface area contributed by atoms with E-state index in [0.717, 1.165) is 37.2 Å². The minimum atomic E-state index is 0.0162. The number of carbonyl (C=O) groups is 2. The molecule has 2 amide bonds. The first kappa shape index (κ1) is 16.6. The van der Waals surface area contributed by atoms with Crippen molar-refractivity contribution >= 4 is 17.9 Å². The first-order valence-corrected chi connectivity index (χ1v) is 8.48. The third-order valence-electron chi connectivity index (χ3n) is 4.73. The molecule has 0 atom stereocenters. The van der Waals surface area contributed by atoms with Crippen LogP contribution < -0.4 is 4.74 Å². The zero-order valence-electron chi connectivity index (χ0n) is 14.3. The highest BCUT2D eigenvalue weighted by molar-refractivity contribution is 5.92. The van der Waals surface area contributed by atoms with E-state index in [1.165, 1.54) is 5.56 Å². The highest BCUT2D eigenvalue weighted by Crippen LogP contribution is 2.26. The Kier molecular flexibility index (Phi) is 4.88. The number of carbonyl (C=O) groups excluding carboxylic acids is 2. The molecule has 0 aromatic heterocycles. The maximum Gasteiger partial charge on any atom is 0.246 e. The molecule has 128 valence electrons. The Labute approximate surface area is 142 Å². The number of benzene rings is 1. The molecule has 0 N–H and O–H groups in total. The lowest BCUT2D eigenvalue weighted by Gasteiger charge is -2.31. The molecule has 3 rings (SSSR count). The fourth-order valence-corrected chi connectivity index (χ4v) is 3.30. The van der Waals surface area contributed by atoms with E-state index in [4.69, 9.17) is 4.74 Å². The van der Waals surface area contributed by atoms with E-state index in [-0.39, 0.29) is 17.7 Å². The van der Waals surface area contributed by atoms with Crippen LogP contribution in [0.2, 0.25) is 0 Å². The summed E-state index contributed by atoms with van der Waals surface area (Å²) in [6.45, 7) is 2.03. The highest BCUT2D eigenvalue weighted by atomic mass is 16.5. The largest absolute Gasteiger partial charge is 0.493 e. The molecule has 2 heterocycles. The number of hydrogen-bond acceptors (Lipinski definition) is 3. The van der Waals surface area contributed by atoms with Crippen LogP contribution in [0.1, 0.15) is 24.0 Å². The van der Waals surface area contributed by atoms with E-state index in [9.17, 15) is 9.59 Å². The van der Waals surface area contributed by atoms with Crippen LogP contribution in [0.3, 0.4) is 0 Å². The Morgan fingerprint density at radius 2 is 2.00 bits per heavy atom. The summed E-state index contributed by atoms with van der Waals surface area (Å²) in [5.74, 6) is 1.18. The SMILES string of the molecule is CN(C)C(=O)C1CCN(C(=O)/C=C/c2ccc3c(c2)CCO3)CC1. The molecule has 0 radical (unpaired) electrons. The molecular formula is C19H24N2O3. The molecule has 5 heteroatoms. The molecule has 2 aliphatic heterocycles. The zero-order chi connectivity index (χ0) is 17.1. The van der Waals surface area contributed by atoms with Crippen LogP contribution in [0.25, 0.3) is 6.08 Å². The normalized spacial score (nSPS) is 17.7. The average Bonchev–Trinajstić information content (AvgIpc) is 3.06. The second kappa shape index (κ2) is 7.07. The van der Waals surface area contributed by atoms with Crippen LogP contribution in [-0.2, 0) is 16.0 Å². The summed E-state index contributed by atoms with van der Waals surface area (Å²) in [5, 5.41) is 0. The molecule has 24 heavy (non-hydrogen) atoms. The van der Waals surface area contributed by atoms with Crippen molar-refractivity contribution in [2.45, 2.75) is 19.3 Å². The summed E-state index contributed by atoms with van der Waals surface area (Å²) in [6.07, 6.45) is 5.90. The van der Waals surface area contributed by atoms with Crippen molar-refractivity contribution in [2.24, 2.45) is 5.92 Å². The molecule has 1 fully saturated rings. The van der Waals surface area contributed by atoms with E-state index in [2.05, 4.69) is 6.07 Å². The van der Waals surface area contributed by atoms with Gasteiger partial charge < -0.3 is 14.5 Å². The van der Waals surface area contributed by atoms with Crippen LogP contribution in [0, 0.1) is 5.92 Å². The smallest absolute Gasteiger partial charge is 0.246 e. The van der Waals surface area contributed by atoms with E-state index in [1.54, 1.807) is 25.1 Å². The molecular weight excluding hydrogens is 304 g/mol. The standard InChI is InChI=1S/C19H24N2O3/c1-20(2)19(23)15-7-10-21(11-8-15)18(22)6-4-14-3-5-17-16(13-14)9-12-24-17/h3-6,13,15H,7-12H2,1-2H3/b6-4+. The van der Waals surface area contributed by atoms with Crippen molar-refractivity contribution < 1.29 is 14.3 Å². The Morgan fingerprint density at radius 1 is 1.25 bits per heavy atom. The molecule has 1 aromatic carbocycles. The van der Waals surface area contributed by atoms with E-state index in [0.29, 0.717) is 13.1 Å². The molecule has 0 bridgehead atoms. The lowest BCUT2D eigenvalue weighted by molar-refractivity contribution is -0.137. The number of ether oxygens (including phenoxy) is 1. The quantitative estimate of drug-likeness (QED) is 0.797. The van der Waals surface area contributed by atoms with Crippen LogP contribution in [-0.4, -0.2) is 55.4 Å². The van der Waals surface area contributed by atoms with Crippen LogP contribution >= 0.6 is 0 Å². The number of amides is 2. The second-order valence-electron chi connectivity index (χ2n) is 6.63. The van der Waals surface area contributed by atoms with Crippen LogP contribution in [0.4, 0.5) is 0 Å². The third kappa shape index (κ3) is 3.61. The molecule has 1 saturated heterocycles. The van der Waals surface area contributed by atoms with Gasteiger partial charge in [-0.05, 0) is 42.2 Å². The fraction of sp³-hybridized carbons (Fsp3) is 0.474. The van der Waals surface area contributed by atoms with Gasteiger partial charge in [-0.1, -0.05) is 6.07 Å². The Morgan fingerprint density at radius 3 is 2.71 bits per heavy atom. The van der Waals surface area contributed by atoms with Crippen molar-refractivity contribution in [3.63, 3.8) is 0 Å². The van der Waals surface area contributed by atoms with Crippen molar-refractivity contribution in [3.05, 3.63) is 35.4 Å². The van der Waals surface area contributed by atoms with E-state index < -0.39 is 0 Å². The van der Waals surface area contributed by atoms with Crippen LogP contribution in [0.5, 0.6) is 5.75 Å². The van der Waals surface area contributed by atoms with Crippen molar-refractivity contribution in [1.82, 2.24) is 9.80 Å². The van der Waals surface area contributed by atoms with Gasteiger partial charge in [-0.25, -0.2) is 0 Å². The number of fused-ring (bicyclic) bond motifs is 1. The van der Waals surface area contributed by atoms with Crippen molar-refractivity contribution in [3.8, 4) is 5.75 Å². The maximum absolute atomic E-state index is 12.3. The van der Waals surface area contributed by atoms with Gasteiger partial charge in [0.15, 0.2) is 0 Å². The van der Waals surface area contributed by atoms with Gasteiger partial charge in [-0.15, -0.1) is 0 Å². The summed E-state index contributed by atoms with van der Waals surface area (Å²) in [7, 11) is 3.56. The topological polar surface area (TPSA) is 49.9 Å². The number of nitrogens with zero attached hydrogens (tertiary/aromatic N) is 2. The molecule has 1 aromatic rings. The number of piperidine rings is 1. The first-order chi connectivity index (χ1) is 11.5. The Bertz CT molecular complexity index is 659. The van der Waals surface area contributed by atoms with Crippen molar-refractivity contribution in [1.29, 1.82) is 0 Å². The predicted molar refractivity (Wildman–Crippen MR) is 92.7 cm³/mol. The summed E-state index contributed by atoms with van der Waals surface area (Å²) >= 11 is 0. The molecule has 0 spiro atoms. The Hall–Kier alpha value is -2.30. The molecule has 0 saturated carbocycles.